The highest BCUT2D eigenvalue weighted by Gasteiger charge is 2.18. The van der Waals surface area contributed by atoms with Gasteiger partial charge in [-0.25, -0.2) is 4.79 Å². The second kappa shape index (κ2) is 2.89. The summed E-state index contributed by atoms with van der Waals surface area (Å²) < 4.78 is 0. The average molecular weight is 157 g/mol. The predicted octanol–water partition coefficient (Wildman–Crippen LogP) is -1.22. The first-order valence-electron chi connectivity index (χ1n) is 3.33. The minimum atomic E-state index is -0.978. The van der Waals surface area contributed by atoms with Crippen molar-refractivity contribution in [1.29, 1.82) is 0 Å². The van der Waals surface area contributed by atoms with E-state index in [2.05, 4.69) is 10.6 Å². The van der Waals surface area contributed by atoms with E-state index < -0.39 is 12.3 Å². The molecule has 0 radical (unpaired) electrons. The van der Waals surface area contributed by atoms with Crippen molar-refractivity contribution in [2.45, 2.75) is 19.3 Å². The monoisotopic (exact) mass is 157 g/mol. The van der Waals surface area contributed by atoms with Gasteiger partial charge in [0.2, 0.25) is 0 Å². The molecule has 0 aromatic carbocycles. The van der Waals surface area contributed by atoms with Crippen LogP contribution in [0, 0.1) is 0 Å². The molecule has 0 bridgehead atoms. The highest BCUT2D eigenvalue weighted by molar-refractivity contribution is 5.86. The largest absolute Gasteiger partial charge is 0.477 e. The highest BCUT2D eigenvalue weighted by Crippen LogP contribution is 1.99. The van der Waals surface area contributed by atoms with Crippen LogP contribution >= 0.6 is 0 Å². The van der Waals surface area contributed by atoms with Gasteiger partial charge < -0.3 is 10.4 Å². The summed E-state index contributed by atoms with van der Waals surface area (Å²) in [5, 5.41) is 14.0. The maximum absolute atomic E-state index is 10.4. The lowest BCUT2D eigenvalue weighted by molar-refractivity contribution is -0.133. The molecule has 1 aliphatic heterocycles. The van der Waals surface area contributed by atoms with E-state index in [1.54, 1.807) is 6.08 Å². The molecule has 0 aromatic rings. The van der Waals surface area contributed by atoms with E-state index in [0.717, 1.165) is 0 Å². The second-order valence-electron chi connectivity index (χ2n) is 2.46. The summed E-state index contributed by atoms with van der Waals surface area (Å²) in [6.07, 6.45) is 1.10. The van der Waals surface area contributed by atoms with E-state index in [9.17, 15) is 4.79 Å². The Bertz CT molecular complexity index is 202. The van der Waals surface area contributed by atoms with Crippen molar-refractivity contribution < 1.29 is 9.90 Å². The summed E-state index contributed by atoms with van der Waals surface area (Å²) in [6, 6.07) is -0.00245. The zero-order chi connectivity index (χ0) is 8.43. The molecule has 62 valence electrons. The molecule has 0 saturated heterocycles. The molecule has 0 amide bonds. The molecule has 1 unspecified atom stereocenters. The zero-order valence-corrected chi connectivity index (χ0v) is 6.16. The number of nitrogens with two attached hydrogens (primary N) is 1. The molecule has 1 aliphatic rings. The van der Waals surface area contributed by atoms with Crippen molar-refractivity contribution in [2.24, 2.45) is 5.73 Å². The Hall–Kier alpha value is -1.07. The van der Waals surface area contributed by atoms with E-state index in [1.165, 1.54) is 0 Å². The lowest BCUT2D eigenvalue weighted by atomic mass is 10.2. The van der Waals surface area contributed by atoms with Crippen LogP contribution in [0.2, 0.25) is 0 Å². The van der Waals surface area contributed by atoms with Crippen molar-refractivity contribution in [2.75, 3.05) is 0 Å². The van der Waals surface area contributed by atoms with Crippen molar-refractivity contribution >= 4 is 5.97 Å². The second-order valence-corrected chi connectivity index (χ2v) is 2.46. The van der Waals surface area contributed by atoms with Crippen molar-refractivity contribution in [3.8, 4) is 0 Å². The Kier molecular flexibility index (Phi) is 2.11. The number of hydrogen-bond donors (Lipinski definition) is 4. The SMILES string of the molecule is CC1C=C(C(=O)O)N[C@@H](N)N1. The van der Waals surface area contributed by atoms with Gasteiger partial charge in [0.1, 0.15) is 12.0 Å². The first kappa shape index (κ1) is 8.03. The fraction of sp³-hybridized carbons (Fsp3) is 0.500. The number of aliphatic carboxylic acids is 1. The molecule has 5 N–H and O–H groups in total. The van der Waals surface area contributed by atoms with E-state index in [-0.39, 0.29) is 11.7 Å². The number of rotatable bonds is 1. The molecular formula is C6H11N3O2. The first-order chi connectivity index (χ1) is 5.09. The van der Waals surface area contributed by atoms with Gasteiger partial charge in [0.25, 0.3) is 0 Å². The number of hydrogen-bond acceptors (Lipinski definition) is 4. The summed E-state index contributed by atoms with van der Waals surface area (Å²) >= 11 is 0. The van der Waals surface area contributed by atoms with Gasteiger partial charge in [-0.15, -0.1) is 0 Å². The zero-order valence-electron chi connectivity index (χ0n) is 6.16. The Morgan fingerprint density at radius 1 is 1.82 bits per heavy atom. The molecule has 1 heterocycles. The lowest BCUT2D eigenvalue weighted by Gasteiger charge is -2.25. The molecule has 5 nitrogen and oxygen atoms in total. The van der Waals surface area contributed by atoms with Gasteiger partial charge in [-0.3, -0.25) is 11.1 Å². The highest BCUT2D eigenvalue weighted by atomic mass is 16.4. The molecule has 5 heteroatoms. The predicted molar refractivity (Wildman–Crippen MR) is 39.4 cm³/mol. The summed E-state index contributed by atoms with van der Waals surface area (Å²) in [6.45, 7) is 1.84. The Balaban J connectivity index is 2.72. The topological polar surface area (TPSA) is 87.4 Å². The van der Waals surface area contributed by atoms with Gasteiger partial charge in [0.05, 0.1) is 0 Å². The maximum Gasteiger partial charge on any atom is 0.351 e. The van der Waals surface area contributed by atoms with Crippen molar-refractivity contribution in [1.82, 2.24) is 10.6 Å². The van der Waals surface area contributed by atoms with Gasteiger partial charge in [-0.05, 0) is 13.0 Å². The van der Waals surface area contributed by atoms with Gasteiger partial charge in [0.15, 0.2) is 0 Å². The molecule has 0 spiro atoms. The van der Waals surface area contributed by atoms with Crippen LogP contribution in [0.4, 0.5) is 0 Å². The molecule has 11 heavy (non-hydrogen) atoms. The summed E-state index contributed by atoms with van der Waals surface area (Å²) in [4.78, 5) is 10.4. The standard InChI is InChI=1S/C6H11N3O2/c1-3-2-4(5(10)11)9-6(7)8-3/h2-3,6,8-9H,7H2,1H3,(H,10,11)/t3?,6-/m0/s1. The van der Waals surface area contributed by atoms with Crippen LogP contribution in [0.1, 0.15) is 6.92 Å². The molecular weight excluding hydrogens is 146 g/mol. The van der Waals surface area contributed by atoms with Gasteiger partial charge in [-0.1, -0.05) is 0 Å². The fourth-order valence-electron chi connectivity index (χ4n) is 0.972. The van der Waals surface area contributed by atoms with Gasteiger partial charge in [0, 0.05) is 6.04 Å². The molecule has 0 fully saturated rings. The Morgan fingerprint density at radius 3 is 2.91 bits per heavy atom. The molecule has 2 atom stereocenters. The van der Waals surface area contributed by atoms with Crippen LogP contribution in [0.15, 0.2) is 11.8 Å². The number of carbonyl (C=O) groups is 1. The van der Waals surface area contributed by atoms with E-state index in [1.807, 2.05) is 6.92 Å². The van der Waals surface area contributed by atoms with Gasteiger partial charge in [-0.2, -0.15) is 0 Å². The molecule has 0 aromatic heterocycles. The van der Waals surface area contributed by atoms with Crippen molar-refractivity contribution in [3.05, 3.63) is 11.8 Å². The Morgan fingerprint density at radius 2 is 2.45 bits per heavy atom. The minimum Gasteiger partial charge on any atom is -0.477 e. The quantitative estimate of drug-likeness (QED) is 0.383. The normalized spacial score (nSPS) is 30.5. The maximum atomic E-state index is 10.4. The van der Waals surface area contributed by atoms with E-state index in [0.29, 0.717) is 0 Å². The first-order valence-corrected chi connectivity index (χ1v) is 3.33. The van der Waals surface area contributed by atoms with Crippen LogP contribution in [0.3, 0.4) is 0 Å². The van der Waals surface area contributed by atoms with Gasteiger partial charge >= 0.3 is 5.97 Å². The van der Waals surface area contributed by atoms with Crippen LogP contribution in [-0.2, 0) is 4.79 Å². The average Bonchev–Trinajstić information content (AvgIpc) is 1.85. The third-order valence-corrected chi connectivity index (χ3v) is 1.40. The number of carboxylic acid groups (broad SMARTS) is 1. The smallest absolute Gasteiger partial charge is 0.351 e. The summed E-state index contributed by atoms with van der Waals surface area (Å²) in [7, 11) is 0. The van der Waals surface area contributed by atoms with E-state index in [4.69, 9.17) is 10.8 Å². The van der Waals surface area contributed by atoms with Crippen LogP contribution in [0.5, 0.6) is 0 Å². The minimum absolute atomic E-state index is 0.00245. The molecule has 0 saturated carbocycles. The third-order valence-electron chi connectivity index (χ3n) is 1.40. The fourth-order valence-corrected chi connectivity index (χ4v) is 0.972. The van der Waals surface area contributed by atoms with Crippen molar-refractivity contribution in [3.63, 3.8) is 0 Å². The number of nitrogens with one attached hydrogen (secondary N) is 2. The van der Waals surface area contributed by atoms with E-state index >= 15 is 0 Å². The summed E-state index contributed by atoms with van der Waals surface area (Å²) in [5.74, 6) is -0.978. The Labute approximate surface area is 64.3 Å². The molecule has 1 rings (SSSR count). The van der Waals surface area contributed by atoms with Crippen LogP contribution in [0.25, 0.3) is 0 Å². The third kappa shape index (κ3) is 1.92. The van der Waals surface area contributed by atoms with Crippen LogP contribution < -0.4 is 16.4 Å². The molecule has 0 aliphatic carbocycles. The summed E-state index contributed by atoms with van der Waals surface area (Å²) in [5.41, 5.74) is 5.58. The number of carboxylic acids is 1. The van der Waals surface area contributed by atoms with Crippen LogP contribution in [-0.4, -0.2) is 23.4 Å². The lowest BCUT2D eigenvalue weighted by Crippen LogP contribution is -2.56.